The Morgan fingerprint density at radius 1 is 1.23 bits per heavy atom. The normalized spacial score (nSPS) is 20.6. The second kappa shape index (κ2) is 6.46. The third kappa shape index (κ3) is 3.11. The molecular weight excluding hydrogens is 348 g/mol. The maximum absolute atomic E-state index is 12.9. The van der Waals surface area contributed by atoms with Gasteiger partial charge in [-0.15, -0.1) is 11.3 Å². The van der Waals surface area contributed by atoms with Gasteiger partial charge < -0.3 is 9.42 Å². The fraction of sp³-hybridized carbons (Fsp3) is 0.474. The zero-order valence-electron chi connectivity index (χ0n) is 14.4. The largest absolute Gasteiger partial charge is 0.339 e. The van der Waals surface area contributed by atoms with Gasteiger partial charge in [0.2, 0.25) is 5.89 Å². The average Bonchev–Trinajstić information content (AvgIpc) is 3.26. The van der Waals surface area contributed by atoms with Crippen molar-refractivity contribution in [2.24, 2.45) is 5.92 Å². The fourth-order valence-corrected chi connectivity index (χ4v) is 4.55. The second-order valence-corrected chi connectivity index (χ2v) is 8.30. The van der Waals surface area contributed by atoms with Gasteiger partial charge in [0.15, 0.2) is 10.8 Å². The molecule has 134 valence electrons. The van der Waals surface area contributed by atoms with Crippen molar-refractivity contribution in [2.45, 2.75) is 38.0 Å². The molecule has 0 bridgehead atoms. The lowest BCUT2D eigenvalue weighted by Gasteiger charge is -2.31. The van der Waals surface area contributed by atoms with Crippen molar-refractivity contribution in [1.82, 2.24) is 20.0 Å². The maximum Gasteiger partial charge on any atom is 0.282 e. The molecule has 1 aliphatic carbocycles. The molecule has 3 heterocycles. The van der Waals surface area contributed by atoms with Crippen molar-refractivity contribution >= 4 is 27.5 Å². The predicted molar refractivity (Wildman–Crippen MR) is 98.2 cm³/mol. The minimum absolute atomic E-state index is 0.0418. The molecule has 7 heteroatoms. The first-order valence-electron chi connectivity index (χ1n) is 9.23. The number of rotatable bonds is 4. The molecule has 0 N–H and O–H groups in total. The first-order valence-corrected chi connectivity index (χ1v) is 10.1. The van der Waals surface area contributed by atoms with Crippen LogP contribution in [0.5, 0.6) is 0 Å². The number of hydrogen-bond donors (Lipinski definition) is 0. The highest BCUT2D eigenvalue weighted by molar-refractivity contribution is 7.20. The molecule has 3 aromatic rings. The van der Waals surface area contributed by atoms with E-state index in [1.54, 1.807) is 0 Å². The lowest BCUT2D eigenvalue weighted by Crippen LogP contribution is -2.40. The van der Waals surface area contributed by atoms with Crippen LogP contribution in [0.2, 0.25) is 0 Å². The van der Waals surface area contributed by atoms with Gasteiger partial charge in [0, 0.05) is 25.4 Å². The number of piperidine rings is 1. The van der Waals surface area contributed by atoms with Gasteiger partial charge >= 0.3 is 0 Å². The molecule has 1 amide bonds. The molecule has 1 saturated carbocycles. The Kier molecular flexibility index (Phi) is 3.96. The maximum atomic E-state index is 12.9. The highest BCUT2D eigenvalue weighted by atomic mass is 32.1. The number of thiazole rings is 1. The number of para-hydroxylation sites is 1. The Morgan fingerprint density at radius 2 is 2.12 bits per heavy atom. The zero-order valence-corrected chi connectivity index (χ0v) is 15.2. The molecule has 2 aromatic heterocycles. The Morgan fingerprint density at radius 3 is 2.96 bits per heavy atom. The number of aromatic nitrogens is 3. The van der Waals surface area contributed by atoms with Crippen LogP contribution < -0.4 is 0 Å². The molecule has 2 fully saturated rings. The van der Waals surface area contributed by atoms with E-state index in [-0.39, 0.29) is 5.91 Å². The van der Waals surface area contributed by atoms with Crippen LogP contribution in [0.1, 0.15) is 53.1 Å². The number of fused-ring (bicyclic) bond motifs is 1. The van der Waals surface area contributed by atoms with Crippen LogP contribution in [0.15, 0.2) is 28.8 Å². The van der Waals surface area contributed by atoms with E-state index in [1.807, 2.05) is 29.2 Å². The number of hydrogen-bond acceptors (Lipinski definition) is 6. The second-order valence-electron chi connectivity index (χ2n) is 7.27. The molecule has 5 rings (SSSR count). The molecule has 1 atom stereocenters. The van der Waals surface area contributed by atoms with Crippen molar-refractivity contribution in [1.29, 1.82) is 0 Å². The van der Waals surface area contributed by atoms with Gasteiger partial charge in [-0.05, 0) is 43.7 Å². The Hall–Kier alpha value is -2.28. The van der Waals surface area contributed by atoms with E-state index >= 15 is 0 Å². The van der Waals surface area contributed by atoms with E-state index in [9.17, 15) is 4.79 Å². The minimum Gasteiger partial charge on any atom is -0.339 e. The van der Waals surface area contributed by atoms with Crippen LogP contribution in [-0.4, -0.2) is 39.0 Å². The van der Waals surface area contributed by atoms with Crippen molar-refractivity contribution in [3.05, 3.63) is 41.0 Å². The summed E-state index contributed by atoms with van der Waals surface area (Å²) in [5, 5.41) is 4.68. The summed E-state index contributed by atoms with van der Waals surface area (Å²) in [6, 6.07) is 7.89. The number of benzene rings is 1. The first-order chi connectivity index (χ1) is 12.8. The molecule has 0 radical (unpaired) electrons. The van der Waals surface area contributed by atoms with Gasteiger partial charge in [-0.25, -0.2) is 4.98 Å². The van der Waals surface area contributed by atoms with Gasteiger partial charge in [-0.2, -0.15) is 4.98 Å². The molecule has 1 aliphatic heterocycles. The third-order valence-corrected chi connectivity index (χ3v) is 6.20. The number of likely N-dealkylation sites (tertiary alicyclic amines) is 1. The number of carbonyl (C=O) groups is 1. The first kappa shape index (κ1) is 15.9. The summed E-state index contributed by atoms with van der Waals surface area (Å²) in [6.07, 6.45) is 5.19. The summed E-state index contributed by atoms with van der Waals surface area (Å²) in [7, 11) is 0. The molecular formula is C19H20N4O2S. The Balaban J connectivity index is 1.27. The molecule has 1 unspecified atom stereocenters. The van der Waals surface area contributed by atoms with Crippen LogP contribution in [0, 0.1) is 5.92 Å². The van der Waals surface area contributed by atoms with Crippen LogP contribution in [0.25, 0.3) is 10.2 Å². The molecule has 26 heavy (non-hydrogen) atoms. The van der Waals surface area contributed by atoms with Gasteiger partial charge in [-0.3, -0.25) is 4.79 Å². The standard InChI is InChI=1S/C19H20N4O2S/c24-19(18-20-14-5-1-2-6-15(14)26-18)23-9-3-4-12(11-23)10-16-21-17(22-25-16)13-7-8-13/h1-2,5-6,12-13H,3-4,7-11H2. The van der Waals surface area contributed by atoms with E-state index in [0.717, 1.165) is 48.4 Å². The average molecular weight is 368 g/mol. The van der Waals surface area contributed by atoms with E-state index in [1.165, 1.54) is 24.2 Å². The third-order valence-electron chi connectivity index (χ3n) is 5.17. The molecule has 1 aromatic carbocycles. The molecule has 0 spiro atoms. The Bertz CT molecular complexity index is 913. The summed E-state index contributed by atoms with van der Waals surface area (Å²) in [5.41, 5.74) is 0.896. The van der Waals surface area contributed by atoms with Crippen LogP contribution in [0.3, 0.4) is 0 Å². The van der Waals surface area contributed by atoms with Gasteiger partial charge in [0.25, 0.3) is 5.91 Å². The lowest BCUT2D eigenvalue weighted by molar-refractivity contribution is 0.0668. The number of amides is 1. The monoisotopic (exact) mass is 368 g/mol. The highest BCUT2D eigenvalue weighted by Gasteiger charge is 2.31. The van der Waals surface area contributed by atoms with E-state index in [0.29, 0.717) is 22.7 Å². The Labute approximate surface area is 155 Å². The van der Waals surface area contributed by atoms with Crippen molar-refractivity contribution in [3.63, 3.8) is 0 Å². The van der Waals surface area contributed by atoms with Crippen LogP contribution in [-0.2, 0) is 6.42 Å². The smallest absolute Gasteiger partial charge is 0.282 e. The summed E-state index contributed by atoms with van der Waals surface area (Å²) in [4.78, 5) is 23.9. The summed E-state index contributed by atoms with van der Waals surface area (Å²) < 4.78 is 6.47. The van der Waals surface area contributed by atoms with Crippen LogP contribution in [0.4, 0.5) is 0 Å². The fourth-order valence-electron chi connectivity index (χ4n) is 3.62. The van der Waals surface area contributed by atoms with E-state index in [2.05, 4.69) is 15.1 Å². The summed E-state index contributed by atoms with van der Waals surface area (Å²) in [5.74, 6) is 2.50. The minimum atomic E-state index is 0.0418. The topological polar surface area (TPSA) is 72.1 Å². The SMILES string of the molecule is O=C(c1nc2ccccc2s1)N1CCCC(Cc2nc(C3CC3)no2)C1. The number of carbonyl (C=O) groups excluding carboxylic acids is 1. The summed E-state index contributed by atoms with van der Waals surface area (Å²) >= 11 is 1.47. The van der Waals surface area contributed by atoms with Crippen molar-refractivity contribution < 1.29 is 9.32 Å². The van der Waals surface area contributed by atoms with Gasteiger partial charge in [0.1, 0.15) is 0 Å². The zero-order chi connectivity index (χ0) is 17.5. The number of nitrogens with zero attached hydrogens (tertiary/aromatic N) is 4. The quantitative estimate of drug-likeness (QED) is 0.703. The van der Waals surface area contributed by atoms with Crippen molar-refractivity contribution in [3.8, 4) is 0 Å². The predicted octanol–water partition coefficient (Wildman–Crippen LogP) is 3.65. The lowest BCUT2D eigenvalue weighted by atomic mass is 9.94. The summed E-state index contributed by atoms with van der Waals surface area (Å²) in [6.45, 7) is 1.53. The molecule has 6 nitrogen and oxygen atoms in total. The van der Waals surface area contributed by atoms with E-state index < -0.39 is 0 Å². The molecule has 1 saturated heterocycles. The van der Waals surface area contributed by atoms with E-state index in [4.69, 9.17) is 4.52 Å². The van der Waals surface area contributed by atoms with Crippen LogP contribution >= 0.6 is 11.3 Å². The van der Waals surface area contributed by atoms with Crippen molar-refractivity contribution in [2.75, 3.05) is 13.1 Å². The van der Waals surface area contributed by atoms with Gasteiger partial charge in [0.05, 0.1) is 10.2 Å². The van der Waals surface area contributed by atoms with Gasteiger partial charge in [-0.1, -0.05) is 17.3 Å². The highest BCUT2D eigenvalue weighted by Crippen LogP contribution is 2.38. The molecule has 2 aliphatic rings.